The van der Waals surface area contributed by atoms with Gasteiger partial charge in [0.05, 0.1) is 23.3 Å². The quantitative estimate of drug-likeness (QED) is 0.582. The van der Waals surface area contributed by atoms with Crippen LogP contribution in [0.15, 0.2) is 34.1 Å². The van der Waals surface area contributed by atoms with E-state index in [0.29, 0.717) is 0 Å². The first-order valence-corrected chi connectivity index (χ1v) is 12.3. The van der Waals surface area contributed by atoms with Crippen molar-refractivity contribution in [2.45, 2.75) is 29.0 Å². The average molecular weight is 473 g/mol. The molecule has 0 spiro atoms. The number of thiazole rings is 1. The molecule has 32 heavy (non-hydrogen) atoms. The summed E-state index contributed by atoms with van der Waals surface area (Å²) < 4.78 is 0. The van der Waals surface area contributed by atoms with E-state index in [-0.39, 0.29) is 64.3 Å². The van der Waals surface area contributed by atoms with E-state index in [4.69, 9.17) is 5.11 Å². The number of aromatic nitrogens is 1. The number of likely N-dealkylation sites (tertiary alicyclic amines) is 1. The van der Waals surface area contributed by atoms with Gasteiger partial charge in [-0.3, -0.25) is 24.1 Å². The maximum atomic E-state index is 13.2. The second kappa shape index (κ2) is 6.95. The molecule has 1 aromatic carbocycles. The minimum absolute atomic E-state index is 0.00896. The Morgan fingerprint density at radius 2 is 1.84 bits per heavy atom. The SMILES string of the molecule is O=C(O)CCN1C(=O)[C@@H]2[C@H]3C[C@@H]([C@H]4Sc5[nH]c(=O)sc5[C@H](c5ccccc5O)[C@@H]34)[C@H]2C1=O. The number of carbonyl (C=O) groups excluding carboxylic acids is 2. The molecule has 2 bridgehead atoms. The molecule has 0 unspecified atom stereocenters. The predicted octanol–water partition coefficient (Wildman–Crippen LogP) is 2.09. The van der Waals surface area contributed by atoms with Crippen molar-refractivity contribution in [3.63, 3.8) is 0 Å². The number of aromatic hydroxyl groups is 1. The van der Waals surface area contributed by atoms with Crippen LogP contribution in [0, 0.1) is 29.6 Å². The Labute approximate surface area is 190 Å². The Hall–Kier alpha value is -2.59. The molecule has 3 N–H and O–H groups in total. The normalized spacial score (nSPS) is 34.5. The second-order valence-corrected chi connectivity index (χ2v) is 11.2. The van der Waals surface area contributed by atoms with Crippen molar-refractivity contribution in [1.82, 2.24) is 9.88 Å². The van der Waals surface area contributed by atoms with Crippen LogP contribution in [0.2, 0.25) is 0 Å². The number of amides is 2. The number of thioether (sulfide) groups is 1. The minimum Gasteiger partial charge on any atom is -0.508 e. The Kier molecular flexibility index (Phi) is 4.36. The first-order valence-electron chi connectivity index (χ1n) is 10.6. The van der Waals surface area contributed by atoms with Gasteiger partial charge >= 0.3 is 10.8 Å². The molecule has 6 rings (SSSR count). The van der Waals surface area contributed by atoms with Gasteiger partial charge in [0, 0.05) is 28.2 Å². The third-order valence-electron chi connectivity index (χ3n) is 7.64. The fourth-order valence-corrected chi connectivity index (χ4v) is 9.48. The number of para-hydroxylation sites is 1. The van der Waals surface area contributed by atoms with E-state index in [9.17, 15) is 24.3 Å². The monoisotopic (exact) mass is 472 g/mol. The van der Waals surface area contributed by atoms with Gasteiger partial charge in [0.25, 0.3) is 0 Å². The number of nitrogens with one attached hydrogen (secondary N) is 1. The molecule has 8 nitrogen and oxygen atoms in total. The van der Waals surface area contributed by atoms with E-state index < -0.39 is 17.8 Å². The molecule has 3 heterocycles. The first-order chi connectivity index (χ1) is 15.4. The van der Waals surface area contributed by atoms with Crippen molar-refractivity contribution in [3.8, 4) is 5.75 Å². The van der Waals surface area contributed by atoms with E-state index in [1.165, 1.54) is 0 Å². The zero-order valence-electron chi connectivity index (χ0n) is 16.8. The Balaban J connectivity index is 1.43. The van der Waals surface area contributed by atoms with Crippen LogP contribution in [0.5, 0.6) is 5.75 Å². The van der Waals surface area contributed by atoms with Crippen molar-refractivity contribution < 1.29 is 24.6 Å². The number of aliphatic carboxylic acids is 1. The van der Waals surface area contributed by atoms with Crippen molar-refractivity contribution in [3.05, 3.63) is 44.4 Å². The van der Waals surface area contributed by atoms with Crippen LogP contribution in [-0.2, 0) is 14.4 Å². The molecule has 0 radical (unpaired) electrons. The fraction of sp³-hybridized carbons (Fsp3) is 0.455. The number of benzene rings is 1. The predicted molar refractivity (Wildman–Crippen MR) is 116 cm³/mol. The summed E-state index contributed by atoms with van der Waals surface area (Å²) in [6.07, 6.45) is 0.498. The van der Waals surface area contributed by atoms with E-state index in [1.807, 2.05) is 12.1 Å². The van der Waals surface area contributed by atoms with Gasteiger partial charge in [0.2, 0.25) is 11.8 Å². The van der Waals surface area contributed by atoms with Crippen LogP contribution in [0.25, 0.3) is 0 Å². The molecule has 3 fully saturated rings. The van der Waals surface area contributed by atoms with Crippen molar-refractivity contribution >= 4 is 40.9 Å². The number of imide groups is 1. The number of nitrogens with zero attached hydrogens (tertiary/aromatic N) is 1. The number of carboxylic acid groups (broad SMARTS) is 1. The molecule has 2 amide bonds. The molecule has 2 aliphatic heterocycles. The van der Waals surface area contributed by atoms with Crippen LogP contribution in [0.3, 0.4) is 0 Å². The van der Waals surface area contributed by atoms with Gasteiger partial charge in [-0.15, -0.1) is 11.8 Å². The maximum absolute atomic E-state index is 13.2. The maximum Gasteiger partial charge on any atom is 0.305 e. The van der Waals surface area contributed by atoms with Gasteiger partial charge in [0.15, 0.2) is 0 Å². The zero-order chi connectivity index (χ0) is 22.3. The zero-order valence-corrected chi connectivity index (χ0v) is 18.4. The molecule has 166 valence electrons. The molecule has 2 aromatic rings. The van der Waals surface area contributed by atoms with Crippen LogP contribution >= 0.6 is 23.1 Å². The van der Waals surface area contributed by atoms with E-state index in [1.54, 1.807) is 23.9 Å². The molecule has 4 aliphatic rings. The highest BCUT2D eigenvalue weighted by molar-refractivity contribution is 8.00. The van der Waals surface area contributed by atoms with Crippen molar-refractivity contribution in [1.29, 1.82) is 0 Å². The lowest BCUT2D eigenvalue weighted by atomic mass is 9.68. The third kappa shape index (κ3) is 2.62. The highest BCUT2D eigenvalue weighted by atomic mass is 32.2. The second-order valence-electron chi connectivity index (χ2n) is 8.99. The topological polar surface area (TPSA) is 128 Å². The Morgan fingerprint density at radius 1 is 1.12 bits per heavy atom. The number of hydrogen-bond acceptors (Lipinski definition) is 7. The van der Waals surface area contributed by atoms with Gasteiger partial charge in [0.1, 0.15) is 5.75 Å². The number of phenolic OH excluding ortho intramolecular Hbond substituents is 1. The molecular formula is C22H20N2O6S2. The Morgan fingerprint density at radius 3 is 2.56 bits per heavy atom. The number of rotatable bonds is 4. The van der Waals surface area contributed by atoms with Gasteiger partial charge in [-0.05, 0) is 30.2 Å². The summed E-state index contributed by atoms with van der Waals surface area (Å²) in [7, 11) is 0. The molecule has 2 aliphatic carbocycles. The summed E-state index contributed by atoms with van der Waals surface area (Å²) in [6.45, 7) is -0.0918. The summed E-state index contributed by atoms with van der Waals surface area (Å²) in [5.74, 6) is -2.56. The smallest absolute Gasteiger partial charge is 0.305 e. The number of carboxylic acids is 1. The largest absolute Gasteiger partial charge is 0.508 e. The highest BCUT2D eigenvalue weighted by Crippen LogP contribution is 2.68. The first kappa shape index (κ1) is 20.0. The summed E-state index contributed by atoms with van der Waals surface area (Å²) >= 11 is 2.73. The van der Waals surface area contributed by atoms with Gasteiger partial charge in [-0.25, -0.2) is 0 Å². The third-order valence-corrected chi connectivity index (χ3v) is 10.2. The molecule has 2 saturated carbocycles. The number of phenols is 1. The van der Waals surface area contributed by atoms with Gasteiger partial charge in [-0.2, -0.15) is 0 Å². The summed E-state index contributed by atoms with van der Waals surface area (Å²) in [5.41, 5.74) is 0.739. The highest BCUT2D eigenvalue weighted by Gasteiger charge is 2.69. The minimum atomic E-state index is -1.04. The van der Waals surface area contributed by atoms with E-state index in [0.717, 1.165) is 38.1 Å². The fourth-order valence-electron chi connectivity index (χ4n) is 6.61. The van der Waals surface area contributed by atoms with Crippen molar-refractivity contribution in [2.75, 3.05) is 6.54 Å². The van der Waals surface area contributed by atoms with Crippen LogP contribution in [0.1, 0.15) is 29.2 Å². The van der Waals surface area contributed by atoms with Gasteiger partial charge < -0.3 is 15.2 Å². The molecule has 10 heteroatoms. The number of carbonyl (C=O) groups is 3. The van der Waals surface area contributed by atoms with Crippen LogP contribution in [-0.4, -0.2) is 49.7 Å². The summed E-state index contributed by atoms with van der Waals surface area (Å²) in [6, 6.07) is 7.11. The molecular weight excluding hydrogens is 452 g/mol. The number of fused-ring (bicyclic) bond motifs is 9. The molecule has 1 saturated heterocycles. The lowest BCUT2D eigenvalue weighted by Gasteiger charge is -2.43. The number of aromatic amines is 1. The van der Waals surface area contributed by atoms with E-state index in [2.05, 4.69) is 4.98 Å². The average Bonchev–Trinajstić information content (AvgIpc) is 3.46. The summed E-state index contributed by atoms with van der Waals surface area (Å²) in [5, 5.41) is 20.5. The van der Waals surface area contributed by atoms with Crippen LogP contribution < -0.4 is 4.87 Å². The van der Waals surface area contributed by atoms with Crippen molar-refractivity contribution in [2.24, 2.45) is 29.6 Å². The molecule has 1 aromatic heterocycles. The van der Waals surface area contributed by atoms with Gasteiger partial charge in [-0.1, -0.05) is 29.5 Å². The summed E-state index contributed by atoms with van der Waals surface area (Å²) in [4.78, 5) is 54.4. The number of H-pyrrole nitrogens is 1. The Bertz CT molecular complexity index is 1220. The van der Waals surface area contributed by atoms with E-state index >= 15 is 0 Å². The lowest BCUT2D eigenvalue weighted by Crippen LogP contribution is -2.42. The lowest BCUT2D eigenvalue weighted by molar-refractivity contribution is -0.142. The van der Waals surface area contributed by atoms with Crippen LogP contribution in [0.4, 0.5) is 0 Å². The number of hydrogen-bond donors (Lipinski definition) is 3. The standard InChI is InChI=1S/C22H20N2O6S2/c25-11-4-2-1-3-8(11)13-14-9-7-10(17(14)31-19-18(13)32-22(30)23-19)16-15(9)20(28)24(21(16)29)6-5-12(26)27/h1-4,9-10,13-17,25H,5-7H2,(H,23,30)(H,26,27)/t9-,10+,13+,14+,15+,16+,17+/m0/s1. The molecule has 7 atom stereocenters.